The zero-order valence-electron chi connectivity index (χ0n) is 15.9. The van der Waals surface area contributed by atoms with Crippen molar-refractivity contribution in [2.24, 2.45) is 0 Å². The van der Waals surface area contributed by atoms with Crippen molar-refractivity contribution in [1.82, 2.24) is 0 Å². The van der Waals surface area contributed by atoms with Crippen LogP contribution in [0.4, 0.5) is 0 Å². The second kappa shape index (κ2) is 10.6. The van der Waals surface area contributed by atoms with Crippen LogP contribution in [-0.2, 0) is 21.7 Å². The van der Waals surface area contributed by atoms with Crippen LogP contribution in [0.15, 0.2) is 91.0 Å². The van der Waals surface area contributed by atoms with Crippen LogP contribution in [0.2, 0.25) is 0 Å². The molecular formula is C24H21F2PTi. The van der Waals surface area contributed by atoms with Crippen LogP contribution in [0.3, 0.4) is 0 Å². The van der Waals surface area contributed by atoms with Gasteiger partial charge in [-0.15, -0.1) is 88.0 Å². The molecule has 0 saturated carbocycles. The van der Waals surface area contributed by atoms with E-state index < -0.39 is 0 Å². The van der Waals surface area contributed by atoms with Crippen LogP contribution in [-0.4, -0.2) is 13.3 Å². The van der Waals surface area contributed by atoms with Crippen molar-refractivity contribution in [3.63, 3.8) is 0 Å². The van der Waals surface area contributed by atoms with E-state index in [0.717, 1.165) is 0 Å². The van der Waals surface area contributed by atoms with E-state index in [1.807, 2.05) is 0 Å². The van der Waals surface area contributed by atoms with Crippen molar-refractivity contribution in [2.45, 2.75) is 0 Å². The number of rotatable bonds is 1. The average Bonchev–Trinajstić information content (AvgIpc) is 3.24. The fourth-order valence-electron chi connectivity index (χ4n) is 3.30. The standard InChI is InChI=1S/C13H9.C11H12P.2FH.Ti/c1-3-7-12-10(5-1)9-11-6-2-4-8-13(11)12;1-12(2)11-7-9-5-3-4-6-10(9)8-11;;;/h1-9H;3-8H,1-2H3;2*1H;/q2*-1;;;+4/p-2. The fraction of sp³-hybridized carbons (Fsp3) is 0.0833. The molecule has 0 aliphatic rings. The molecule has 0 N–H and O–H groups in total. The van der Waals surface area contributed by atoms with Gasteiger partial charge in [-0.05, 0) is 13.3 Å². The maximum Gasteiger partial charge on any atom is 4.00 e. The van der Waals surface area contributed by atoms with Crippen molar-refractivity contribution >= 4 is 45.5 Å². The summed E-state index contributed by atoms with van der Waals surface area (Å²) in [6.07, 6.45) is 0. The summed E-state index contributed by atoms with van der Waals surface area (Å²) >= 11 is 0. The second-order valence-electron chi connectivity index (χ2n) is 6.56. The quantitative estimate of drug-likeness (QED) is 0.210. The largest absolute Gasteiger partial charge is 4.00 e. The van der Waals surface area contributed by atoms with E-state index in [-0.39, 0.29) is 39.0 Å². The molecule has 0 heterocycles. The summed E-state index contributed by atoms with van der Waals surface area (Å²) in [5.41, 5.74) is 0. The van der Waals surface area contributed by atoms with Crippen molar-refractivity contribution in [3.8, 4) is 0 Å². The van der Waals surface area contributed by atoms with Crippen LogP contribution in [0.1, 0.15) is 0 Å². The molecule has 140 valence electrons. The minimum absolute atomic E-state index is 0. The Hall–Kier alpha value is -1.86. The molecule has 5 aromatic rings. The summed E-state index contributed by atoms with van der Waals surface area (Å²) < 4.78 is 0. The summed E-state index contributed by atoms with van der Waals surface area (Å²) in [6, 6.07) is 32.4. The molecule has 0 bridgehead atoms. The maximum atomic E-state index is 2.31. The third kappa shape index (κ3) is 4.94. The summed E-state index contributed by atoms with van der Waals surface area (Å²) in [5, 5.41) is 9.65. The SMILES string of the molecule is CP(C)c1cc2ccccc2[cH-]1.[F-].[F-].[Ti+4].c1ccc2c(c1)[cH-]c1ccccc12. The fourth-order valence-corrected chi connectivity index (χ4v) is 4.09. The third-order valence-corrected chi connectivity index (χ3v) is 5.93. The van der Waals surface area contributed by atoms with Crippen LogP contribution in [0.25, 0.3) is 32.3 Å². The zero-order valence-corrected chi connectivity index (χ0v) is 18.3. The topological polar surface area (TPSA) is 0 Å². The monoisotopic (exact) mass is 426 g/mol. The third-order valence-electron chi connectivity index (χ3n) is 4.64. The first-order valence-corrected chi connectivity index (χ1v) is 10.8. The molecule has 0 spiro atoms. The van der Waals surface area contributed by atoms with Crippen LogP contribution in [0.5, 0.6) is 0 Å². The summed E-state index contributed by atoms with van der Waals surface area (Å²) in [6.45, 7) is 4.59. The molecule has 4 heteroatoms. The first-order chi connectivity index (χ1) is 12.2. The number of hydrogen-bond acceptors (Lipinski definition) is 0. The minimum atomic E-state index is 0. The second-order valence-corrected chi connectivity index (χ2v) is 8.86. The van der Waals surface area contributed by atoms with Gasteiger partial charge in [-0.25, -0.2) is 0 Å². The van der Waals surface area contributed by atoms with E-state index in [1.54, 1.807) is 0 Å². The molecule has 0 nitrogen and oxygen atoms in total. The predicted molar refractivity (Wildman–Crippen MR) is 115 cm³/mol. The number of hydrogen-bond donors (Lipinski definition) is 0. The van der Waals surface area contributed by atoms with Gasteiger partial charge in [-0.1, -0.05) is 42.5 Å². The van der Waals surface area contributed by atoms with Crippen LogP contribution in [0, 0.1) is 0 Å². The van der Waals surface area contributed by atoms with E-state index in [1.165, 1.54) is 37.6 Å². The normalized spacial score (nSPS) is 9.96. The van der Waals surface area contributed by atoms with Gasteiger partial charge in [0.15, 0.2) is 0 Å². The maximum absolute atomic E-state index is 2.31. The van der Waals surface area contributed by atoms with Crippen LogP contribution >= 0.6 is 7.92 Å². The van der Waals surface area contributed by atoms with Gasteiger partial charge in [0.25, 0.3) is 0 Å². The van der Waals surface area contributed by atoms with Gasteiger partial charge in [0.05, 0.1) is 0 Å². The van der Waals surface area contributed by atoms with E-state index in [0.29, 0.717) is 0 Å². The molecular weight excluding hydrogens is 405 g/mol. The first kappa shape index (κ1) is 24.2. The van der Waals surface area contributed by atoms with Gasteiger partial charge in [-0.3, -0.25) is 0 Å². The molecule has 0 aromatic heterocycles. The van der Waals surface area contributed by atoms with E-state index in [9.17, 15) is 0 Å². The molecule has 28 heavy (non-hydrogen) atoms. The van der Waals surface area contributed by atoms with Gasteiger partial charge in [0.1, 0.15) is 0 Å². The van der Waals surface area contributed by atoms with E-state index >= 15 is 0 Å². The number of benzene rings is 3. The smallest absolute Gasteiger partial charge is 1.00 e. The number of halogens is 2. The molecule has 5 aromatic carbocycles. The van der Waals surface area contributed by atoms with Crippen molar-refractivity contribution in [3.05, 3.63) is 91.0 Å². The Labute approximate surface area is 180 Å². The predicted octanol–water partition coefficient (Wildman–Crippen LogP) is 0.643. The molecule has 0 aliphatic heterocycles. The van der Waals surface area contributed by atoms with Gasteiger partial charge in [-0.2, -0.15) is 6.07 Å². The van der Waals surface area contributed by atoms with Crippen LogP contribution < -0.4 is 14.7 Å². The average molecular weight is 426 g/mol. The minimum Gasteiger partial charge on any atom is -1.00 e. The van der Waals surface area contributed by atoms with E-state index in [4.69, 9.17) is 0 Å². The van der Waals surface area contributed by atoms with E-state index in [2.05, 4.69) is 104 Å². The molecule has 0 unspecified atom stereocenters. The van der Waals surface area contributed by atoms with Gasteiger partial charge in [0, 0.05) is 0 Å². The first-order valence-electron chi connectivity index (χ1n) is 8.58. The Morgan fingerprint density at radius 2 is 1.07 bits per heavy atom. The van der Waals surface area contributed by atoms with Crippen molar-refractivity contribution in [2.75, 3.05) is 13.3 Å². The van der Waals surface area contributed by atoms with Gasteiger partial charge < -0.3 is 9.41 Å². The molecule has 0 aliphatic carbocycles. The molecule has 5 rings (SSSR count). The number of fused-ring (bicyclic) bond motifs is 4. The van der Waals surface area contributed by atoms with Gasteiger partial charge in [0.2, 0.25) is 0 Å². The Balaban J connectivity index is 0.000000254. The van der Waals surface area contributed by atoms with Crippen molar-refractivity contribution in [1.29, 1.82) is 0 Å². The molecule has 0 amide bonds. The summed E-state index contributed by atoms with van der Waals surface area (Å²) in [7, 11) is 0.0576. The Morgan fingerprint density at radius 3 is 1.57 bits per heavy atom. The molecule has 0 atom stereocenters. The molecule has 0 saturated heterocycles. The molecule has 0 radical (unpaired) electrons. The Morgan fingerprint density at radius 1 is 0.607 bits per heavy atom. The summed E-state index contributed by atoms with van der Waals surface area (Å²) in [5.74, 6) is 0. The Bertz CT molecular complexity index is 1060. The summed E-state index contributed by atoms with van der Waals surface area (Å²) in [4.78, 5) is 0. The van der Waals surface area contributed by atoms with Gasteiger partial charge >= 0.3 is 21.7 Å². The Kier molecular flexibility index (Phi) is 9.18. The zero-order chi connectivity index (χ0) is 17.2. The van der Waals surface area contributed by atoms with Crippen molar-refractivity contribution < 1.29 is 31.1 Å². The molecule has 0 fully saturated rings.